The van der Waals surface area contributed by atoms with E-state index in [2.05, 4.69) is 5.48 Å². The first-order valence-electron chi connectivity index (χ1n) is 8.26. The van der Waals surface area contributed by atoms with Crippen LogP contribution in [0.25, 0.3) is 0 Å². The average Bonchev–Trinajstić information content (AvgIpc) is 2.58. The Morgan fingerprint density at radius 3 is 2.64 bits per heavy atom. The summed E-state index contributed by atoms with van der Waals surface area (Å²) in [5.74, 6) is 0.388. The monoisotopic (exact) mass is 305 g/mol. The molecule has 1 atom stereocenters. The second-order valence-corrected chi connectivity index (χ2v) is 6.08. The molecule has 1 aliphatic carbocycles. The molecule has 1 N–H and O–H groups in total. The Kier molecular flexibility index (Phi) is 7.40. The van der Waals surface area contributed by atoms with Gasteiger partial charge in [0.15, 0.2) is 0 Å². The zero-order valence-electron chi connectivity index (χ0n) is 13.4. The smallest absolute Gasteiger partial charge is 0.310 e. The molecule has 1 aromatic carbocycles. The van der Waals surface area contributed by atoms with Crippen LogP contribution in [0.4, 0.5) is 0 Å². The van der Waals surface area contributed by atoms with E-state index in [-0.39, 0.29) is 11.9 Å². The number of nitrogens with one attached hydrogen (secondary N) is 1. The van der Waals surface area contributed by atoms with Crippen molar-refractivity contribution in [3.05, 3.63) is 35.9 Å². The number of hydrogen-bond acceptors (Lipinski definition) is 4. The van der Waals surface area contributed by atoms with Gasteiger partial charge in [0.25, 0.3) is 0 Å². The molecule has 0 amide bonds. The van der Waals surface area contributed by atoms with Gasteiger partial charge in [-0.3, -0.25) is 9.63 Å². The maximum absolute atomic E-state index is 11.9. The number of carbonyl (C=O) groups excluding carboxylic acids is 1. The molecule has 1 aliphatic rings. The van der Waals surface area contributed by atoms with E-state index in [1.54, 1.807) is 0 Å². The van der Waals surface area contributed by atoms with Crippen LogP contribution in [-0.2, 0) is 21.0 Å². The minimum absolute atomic E-state index is 0.121. The predicted molar refractivity (Wildman–Crippen MR) is 85.9 cm³/mol. The van der Waals surface area contributed by atoms with Gasteiger partial charge in [-0.15, -0.1) is 0 Å². The zero-order valence-corrected chi connectivity index (χ0v) is 13.4. The molecule has 4 heteroatoms. The maximum Gasteiger partial charge on any atom is 0.310 e. The molecule has 4 nitrogen and oxygen atoms in total. The summed E-state index contributed by atoms with van der Waals surface area (Å²) in [6, 6.07) is 9.98. The summed E-state index contributed by atoms with van der Waals surface area (Å²) < 4.78 is 4.93. The van der Waals surface area contributed by atoms with Gasteiger partial charge in [0.2, 0.25) is 0 Å². The van der Waals surface area contributed by atoms with E-state index in [4.69, 9.17) is 9.57 Å². The molecular formula is C18H27NO3. The van der Waals surface area contributed by atoms with Crippen molar-refractivity contribution in [2.45, 2.75) is 45.1 Å². The van der Waals surface area contributed by atoms with E-state index in [0.717, 1.165) is 12.0 Å². The van der Waals surface area contributed by atoms with Crippen molar-refractivity contribution in [3.63, 3.8) is 0 Å². The van der Waals surface area contributed by atoms with Crippen molar-refractivity contribution >= 4 is 5.97 Å². The lowest BCUT2D eigenvalue weighted by molar-refractivity contribution is -0.147. The summed E-state index contributed by atoms with van der Waals surface area (Å²) >= 11 is 0. The second-order valence-electron chi connectivity index (χ2n) is 6.08. The largest absolute Gasteiger partial charge is 0.469 e. The molecule has 1 saturated carbocycles. The molecule has 0 unspecified atom stereocenters. The number of ether oxygens (including phenoxy) is 1. The highest BCUT2D eigenvalue weighted by atomic mass is 16.6. The van der Waals surface area contributed by atoms with Gasteiger partial charge in [0.05, 0.1) is 19.6 Å². The highest BCUT2D eigenvalue weighted by molar-refractivity contribution is 5.72. The fourth-order valence-electron chi connectivity index (χ4n) is 3.12. The Hall–Kier alpha value is -1.39. The summed E-state index contributed by atoms with van der Waals surface area (Å²) in [6.45, 7) is 1.01. The quantitative estimate of drug-likeness (QED) is 0.454. The van der Waals surface area contributed by atoms with Gasteiger partial charge in [-0.1, -0.05) is 62.4 Å². The highest BCUT2D eigenvalue weighted by Gasteiger charge is 2.24. The SMILES string of the molecule is COC(=O)[C@H](CNOCc1ccccc1)CC1CCCCC1. The third kappa shape index (κ3) is 5.78. The minimum atomic E-state index is -0.138. The van der Waals surface area contributed by atoms with E-state index in [1.165, 1.54) is 39.2 Å². The molecule has 0 spiro atoms. The lowest BCUT2D eigenvalue weighted by Crippen LogP contribution is -2.31. The highest BCUT2D eigenvalue weighted by Crippen LogP contribution is 2.29. The summed E-state index contributed by atoms with van der Waals surface area (Å²) in [4.78, 5) is 17.4. The van der Waals surface area contributed by atoms with E-state index in [0.29, 0.717) is 19.1 Å². The molecule has 2 rings (SSSR count). The topological polar surface area (TPSA) is 47.6 Å². The number of rotatable bonds is 8. The van der Waals surface area contributed by atoms with Gasteiger partial charge in [-0.2, -0.15) is 0 Å². The van der Waals surface area contributed by atoms with Crippen LogP contribution in [0.15, 0.2) is 30.3 Å². The van der Waals surface area contributed by atoms with E-state index in [9.17, 15) is 4.79 Å². The van der Waals surface area contributed by atoms with Crippen LogP contribution < -0.4 is 5.48 Å². The zero-order chi connectivity index (χ0) is 15.6. The summed E-state index contributed by atoms with van der Waals surface area (Å²) in [5.41, 5.74) is 4.05. The van der Waals surface area contributed by atoms with Gasteiger partial charge < -0.3 is 4.74 Å². The normalized spacial score (nSPS) is 17.1. The first kappa shape index (κ1) is 17.0. The first-order valence-corrected chi connectivity index (χ1v) is 8.26. The van der Waals surface area contributed by atoms with Crippen LogP contribution in [0, 0.1) is 11.8 Å². The molecule has 1 fully saturated rings. The fraction of sp³-hybridized carbons (Fsp3) is 0.611. The van der Waals surface area contributed by atoms with Gasteiger partial charge in [0, 0.05) is 6.54 Å². The van der Waals surface area contributed by atoms with E-state index in [1.807, 2.05) is 30.3 Å². The van der Waals surface area contributed by atoms with Crippen molar-refractivity contribution in [2.75, 3.05) is 13.7 Å². The molecule has 122 valence electrons. The number of benzene rings is 1. The molecule has 0 aromatic heterocycles. The van der Waals surface area contributed by atoms with Crippen molar-refractivity contribution < 1.29 is 14.4 Å². The lowest BCUT2D eigenvalue weighted by Gasteiger charge is -2.25. The van der Waals surface area contributed by atoms with Crippen LogP contribution in [0.2, 0.25) is 0 Å². The van der Waals surface area contributed by atoms with Crippen LogP contribution in [0.3, 0.4) is 0 Å². The Labute approximate surface area is 133 Å². The van der Waals surface area contributed by atoms with E-state index < -0.39 is 0 Å². The van der Waals surface area contributed by atoms with Crippen LogP contribution in [0.1, 0.15) is 44.1 Å². The number of hydrogen-bond donors (Lipinski definition) is 1. The number of esters is 1. The number of hydroxylamine groups is 1. The second kappa shape index (κ2) is 9.59. The van der Waals surface area contributed by atoms with Crippen molar-refractivity contribution in [2.24, 2.45) is 11.8 Å². The Bertz CT molecular complexity index is 429. The molecule has 0 bridgehead atoms. The third-order valence-corrected chi connectivity index (χ3v) is 4.39. The lowest BCUT2D eigenvalue weighted by atomic mass is 9.83. The van der Waals surface area contributed by atoms with Gasteiger partial charge in [-0.25, -0.2) is 5.48 Å². The molecule has 0 radical (unpaired) electrons. The Morgan fingerprint density at radius 2 is 1.95 bits per heavy atom. The molecule has 0 aliphatic heterocycles. The fourth-order valence-corrected chi connectivity index (χ4v) is 3.12. The first-order chi connectivity index (χ1) is 10.8. The van der Waals surface area contributed by atoms with Crippen molar-refractivity contribution in [1.82, 2.24) is 5.48 Å². The van der Waals surface area contributed by atoms with Crippen LogP contribution in [0.5, 0.6) is 0 Å². The summed E-state index contributed by atoms with van der Waals surface area (Å²) in [6.07, 6.45) is 7.27. The standard InChI is InChI=1S/C18H27NO3/c1-21-18(20)17(12-15-8-4-2-5-9-15)13-19-22-14-16-10-6-3-7-11-16/h3,6-7,10-11,15,17,19H,2,4-5,8-9,12-14H2,1H3/t17-/m0/s1. The van der Waals surface area contributed by atoms with Gasteiger partial charge >= 0.3 is 5.97 Å². The number of methoxy groups -OCH3 is 1. The van der Waals surface area contributed by atoms with Gasteiger partial charge in [-0.05, 0) is 17.9 Å². The minimum Gasteiger partial charge on any atom is -0.469 e. The molecular weight excluding hydrogens is 278 g/mol. The maximum atomic E-state index is 11.9. The van der Waals surface area contributed by atoms with Crippen LogP contribution >= 0.6 is 0 Å². The number of carbonyl (C=O) groups is 1. The average molecular weight is 305 g/mol. The Balaban J connectivity index is 1.73. The molecule has 0 saturated heterocycles. The molecule has 1 aromatic rings. The predicted octanol–water partition coefficient (Wildman–Crippen LogP) is 3.47. The van der Waals surface area contributed by atoms with Gasteiger partial charge in [0.1, 0.15) is 0 Å². The third-order valence-electron chi connectivity index (χ3n) is 4.39. The van der Waals surface area contributed by atoms with E-state index >= 15 is 0 Å². The van der Waals surface area contributed by atoms with Crippen molar-refractivity contribution in [1.29, 1.82) is 0 Å². The Morgan fingerprint density at radius 1 is 1.23 bits per heavy atom. The van der Waals surface area contributed by atoms with Crippen LogP contribution in [-0.4, -0.2) is 19.6 Å². The molecule has 22 heavy (non-hydrogen) atoms. The van der Waals surface area contributed by atoms with Crippen molar-refractivity contribution in [3.8, 4) is 0 Å². The molecule has 0 heterocycles. The summed E-state index contributed by atoms with van der Waals surface area (Å²) in [7, 11) is 1.46. The summed E-state index contributed by atoms with van der Waals surface area (Å²) in [5, 5.41) is 0.